The number of amides is 2. The number of hydrogen-bond acceptors (Lipinski definition) is 6. The molecule has 0 radical (unpaired) electrons. The van der Waals surface area contributed by atoms with Gasteiger partial charge in [-0.3, -0.25) is 9.59 Å². The molecule has 0 bridgehead atoms. The second kappa shape index (κ2) is 9.99. The number of rotatable bonds is 8. The fourth-order valence-electron chi connectivity index (χ4n) is 3.21. The van der Waals surface area contributed by atoms with Crippen molar-refractivity contribution in [3.63, 3.8) is 0 Å². The molecule has 1 N–H and O–H groups in total. The summed E-state index contributed by atoms with van der Waals surface area (Å²) in [5.74, 6) is -0.712. The Bertz CT molecular complexity index is 1060. The number of aromatic nitrogens is 4. The zero-order valence-electron chi connectivity index (χ0n) is 18.6. The van der Waals surface area contributed by atoms with E-state index in [-0.39, 0.29) is 19.0 Å². The lowest BCUT2D eigenvalue weighted by Gasteiger charge is -2.33. The summed E-state index contributed by atoms with van der Waals surface area (Å²) in [6, 6.07) is 9.18. The minimum Gasteiger partial charge on any atom is -0.350 e. The Morgan fingerprint density at radius 3 is 2.59 bits per heavy atom. The molecule has 1 aromatic carbocycles. The van der Waals surface area contributed by atoms with Crippen LogP contribution in [0.5, 0.6) is 0 Å². The van der Waals surface area contributed by atoms with Crippen molar-refractivity contribution in [2.24, 2.45) is 0 Å². The summed E-state index contributed by atoms with van der Waals surface area (Å²) in [5.41, 5.74) is -0.144. The Labute approximate surface area is 190 Å². The van der Waals surface area contributed by atoms with Gasteiger partial charge in [0.15, 0.2) is 0 Å². The molecule has 2 amide bonds. The Kier molecular flexibility index (Phi) is 7.34. The first-order chi connectivity index (χ1) is 15.2. The van der Waals surface area contributed by atoms with E-state index in [0.717, 1.165) is 4.88 Å². The molecule has 8 nitrogen and oxygen atoms in total. The van der Waals surface area contributed by atoms with Crippen LogP contribution in [0, 0.1) is 5.82 Å². The molecule has 0 saturated carbocycles. The molecule has 0 aliphatic heterocycles. The zero-order chi connectivity index (χ0) is 23.3. The highest BCUT2D eigenvalue weighted by Crippen LogP contribution is 2.20. The van der Waals surface area contributed by atoms with Crippen molar-refractivity contribution in [2.75, 3.05) is 0 Å². The Balaban J connectivity index is 1.86. The lowest BCUT2D eigenvalue weighted by Crippen LogP contribution is -2.54. The van der Waals surface area contributed by atoms with Gasteiger partial charge in [0.2, 0.25) is 17.6 Å². The van der Waals surface area contributed by atoms with Crippen LogP contribution in [-0.4, -0.2) is 48.5 Å². The second-order valence-corrected chi connectivity index (χ2v) is 9.34. The lowest BCUT2D eigenvalue weighted by atomic mass is 10.1. The summed E-state index contributed by atoms with van der Waals surface area (Å²) in [6.45, 7) is 7.15. The molecule has 0 saturated heterocycles. The van der Waals surface area contributed by atoms with Crippen LogP contribution in [0.25, 0.3) is 10.7 Å². The van der Waals surface area contributed by atoms with Gasteiger partial charge in [-0.2, -0.15) is 4.80 Å². The molecule has 3 aromatic rings. The van der Waals surface area contributed by atoms with Crippen LogP contribution < -0.4 is 5.32 Å². The third-order valence-electron chi connectivity index (χ3n) is 4.65. The number of halogens is 1. The first-order valence-electron chi connectivity index (χ1n) is 10.3. The predicted octanol–water partition coefficient (Wildman–Crippen LogP) is 3.26. The van der Waals surface area contributed by atoms with Crippen LogP contribution in [-0.2, 0) is 22.7 Å². The number of nitrogens with zero attached hydrogens (tertiary/aromatic N) is 5. The lowest BCUT2D eigenvalue weighted by molar-refractivity contribution is -0.142. The van der Waals surface area contributed by atoms with Crippen LogP contribution in [0.4, 0.5) is 4.39 Å². The van der Waals surface area contributed by atoms with Gasteiger partial charge in [-0.1, -0.05) is 31.2 Å². The number of thiophene rings is 1. The topological polar surface area (TPSA) is 93.0 Å². The van der Waals surface area contributed by atoms with Gasteiger partial charge in [0, 0.05) is 17.6 Å². The average molecular weight is 459 g/mol. The molecule has 0 aliphatic carbocycles. The first kappa shape index (κ1) is 23.5. The molecule has 2 heterocycles. The maximum absolute atomic E-state index is 14.4. The monoisotopic (exact) mass is 458 g/mol. The maximum atomic E-state index is 14.4. The fraction of sp³-hybridized carbons (Fsp3) is 0.409. The fourth-order valence-corrected chi connectivity index (χ4v) is 3.86. The largest absolute Gasteiger partial charge is 0.350 e. The number of carbonyl (C=O) groups excluding carboxylic acids is 2. The van der Waals surface area contributed by atoms with Gasteiger partial charge in [0.1, 0.15) is 18.4 Å². The zero-order valence-corrected chi connectivity index (χ0v) is 19.4. The van der Waals surface area contributed by atoms with E-state index in [1.165, 1.54) is 27.1 Å². The van der Waals surface area contributed by atoms with Crippen LogP contribution in [0.15, 0.2) is 41.8 Å². The highest BCUT2D eigenvalue weighted by Gasteiger charge is 2.31. The van der Waals surface area contributed by atoms with Crippen LogP contribution >= 0.6 is 11.3 Å². The smallest absolute Gasteiger partial charge is 0.247 e. The molecule has 32 heavy (non-hydrogen) atoms. The van der Waals surface area contributed by atoms with Crippen LogP contribution in [0.2, 0.25) is 0 Å². The highest BCUT2D eigenvalue weighted by molar-refractivity contribution is 7.13. The van der Waals surface area contributed by atoms with E-state index >= 15 is 0 Å². The summed E-state index contributed by atoms with van der Waals surface area (Å²) in [4.78, 5) is 29.7. The van der Waals surface area contributed by atoms with Gasteiger partial charge < -0.3 is 10.2 Å². The van der Waals surface area contributed by atoms with E-state index in [4.69, 9.17) is 0 Å². The summed E-state index contributed by atoms with van der Waals surface area (Å²) in [5, 5.41) is 17.1. The Morgan fingerprint density at radius 2 is 1.97 bits per heavy atom. The van der Waals surface area contributed by atoms with Gasteiger partial charge in [0.05, 0.1) is 4.88 Å². The second-order valence-electron chi connectivity index (χ2n) is 8.40. The van der Waals surface area contributed by atoms with E-state index in [0.29, 0.717) is 17.8 Å². The molecule has 0 spiro atoms. The van der Waals surface area contributed by atoms with Crippen LogP contribution in [0.3, 0.4) is 0 Å². The molecule has 170 valence electrons. The molecule has 0 aliphatic rings. The van der Waals surface area contributed by atoms with Crippen molar-refractivity contribution in [3.05, 3.63) is 53.2 Å². The average Bonchev–Trinajstić information content (AvgIpc) is 3.39. The van der Waals surface area contributed by atoms with E-state index in [1.807, 2.05) is 45.2 Å². The van der Waals surface area contributed by atoms with Gasteiger partial charge in [-0.15, -0.1) is 21.5 Å². The molecule has 1 atom stereocenters. The standard InChI is InChI=1S/C22H27FN6O2S/c1-5-17(21(31)24-22(2,3)4)28(13-15-9-6-7-10-16(15)23)19(30)14-29-26-20(25-27-29)18-11-8-12-32-18/h6-12,17H,5,13-14H2,1-4H3,(H,24,31). The van der Waals surface area contributed by atoms with Crippen molar-refractivity contribution in [1.82, 2.24) is 30.4 Å². The molecule has 2 aromatic heterocycles. The normalized spacial score (nSPS) is 12.4. The summed E-state index contributed by atoms with van der Waals surface area (Å²) >= 11 is 1.47. The van der Waals surface area contributed by atoms with Gasteiger partial charge >= 0.3 is 0 Å². The number of nitrogens with one attached hydrogen (secondary N) is 1. The number of tetrazole rings is 1. The van der Waals surface area contributed by atoms with Crippen molar-refractivity contribution >= 4 is 23.2 Å². The predicted molar refractivity (Wildman–Crippen MR) is 120 cm³/mol. The third-order valence-corrected chi connectivity index (χ3v) is 5.52. The van der Waals surface area contributed by atoms with Crippen molar-refractivity contribution in [2.45, 2.75) is 58.8 Å². The molecule has 0 fully saturated rings. The summed E-state index contributed by atoms with van der Waals surface area (Å²) < 4.78 is 14.4. The maximum Gasteiger partial charge on any atom is 0.247 e. The van der Waals surface area contributed by atoms with E-state index in [1.54, 1.807) is 18.2 Å². The third kappa shape index (κ3) is 5.97. The SMILES string of the molecule is CCC(C(=O)NC(C)(C)C)N(Cc1ccccc1F)C(=O)Cn1nnc(-c2cccs2)n1. The van der Waals surface area contributed by atoms with Gasteiger partial charge in [-0.25, -0.2) is 4.39 Å². The van der Waals surface area contributed by atoms with Gasteiger partial charge in [-0.05, 0) is 49.9 Å². The quantitative estimate of drug-likeness (QED) is 0.559. The molecule has 1 unspecified atom stereocenters. The minimum atomic E-state index is -0.776. The Morgan fingerprint density at radius 1 is 1.22 bits per heavy atom. The van der Waals surface area contributed by atoms with E-state index in [9.17, 15) is 14.0 Å². The van der Waals surface area contributed by atoms with E-state index in [2.05, 4.69) is 20.7 Å². The first-order valence-corrected chi connectivity index (χ1v) is 11.2. The molecule has 3 rings (SSSR count). The number of hydrogen-bond donors (Lipinski definition) is 1. The summed E-state index contributed by atoms with van der Waals surface area (Å²) in [6.07, 6.45) is 0.368. The minimum absolute atomic E-state index is 0.0476. The van der Waals surface area contributed by atoms with Crippen molar-refractivity contribution < 1.29 is 14.0 Å². The summed E-state index contributed by atoms with van der Waals surface area (Å²) in [7, 11) is 0. The van der Waals surface area contributed by atoms with Crippen LogP contribution in [0.1, 0.15) is 39.7 Å². The van der Waals surface area contributed by atoms with E-state index < -0.39 is 23.3 Å². The van der Waals surface area contributed by atoms with Crippen molar-refractivity contribution in [3.8, 4) is 10.7 Å². The number of carbonyl (C=O) groups is 2. The number of benzene rings is 1. The highest BCUT2D eigenvalue weighted by atomic mass is 32.1. The Hall–Kier alpha value is -3.14. The van der Waals surface area contributed by atoms with Gasteiger partial charge in [0.25, 0.3) is 0 Å². The molecular weight excluding hydrogens is 431 g/mol. The molecule has 10 heteroatoms. The molecular formula is C22H27FN6O2S. The van der Waals surface area contributed by atoms with Crippen molar-refractivity contribution in [1.29, 1.82) is 0 Å².